The van der Waals surface area contributed by atoms with Gasteiger partial charge in [-0.15, -0.1) is 0 Å². The Hall–Kier alpha value is -7.56. The first-order valence-electron chi connectivity index (χ1n) is 22.4. The van der Waals surface area contributed by atoms with Gasteiger partial charge in [0.1, 0.15) is 0 Å². The van der Waals surface area contributed by atoms with Gasteiger partial charge in [0, 0.05) is 52.7 Å². The Labute approximate surface area is 374 Å². The minimum absolute atomic E-state index is 0.213. The van der Waals surface area contributed by atoms with Crippen molar-refractivity contribution in [3.8, 4) is 78.1 Å². The van der Waals surface area contributed by atoms with Gasteiger partial charge in [0.2, 0.25) is 0 Å². The van der Waals surface area contributed by atoms with Crippen molar-refractivity contribution in [1.29, 1.82) is 0 Å². The van der Waals surface area contributed by atoms with Gasteiger partial charge in [-0.2, -0.15) is 0 Å². The number of para-hydroxylation sites is 2. The molecule has 0 bridgehead atoms. The summed E-state index contributed by atoms with van der Waals surface area (Å²) >= 11 is 0. The summed E-state index contributed by atoms with van der Waals surface area (Å²) in [7, 11) is 0. The van der Waals surface area contributed by atoms with Crippen LogP contribution in [0, 0.1) is 0 Å². The molecule has 12 rings (SSSR count). The van der Waals surface area contributed by atoms with Crippen molar-refractivity contribution >= 4 is 17.2 Å². The molecule has 3 aliphatic rings. The van der Waals surface area contributed by atoms with Crippen LogP contribution in [0.5, 0.6) is 0 Å². The fourth-order valence-electron chi connectivity index (χ4n) is 10.5. The Kier molecular flexibility index (Phi) is 8.64. The van der Waals surface area contributed by atoms with Gasteiger partial charge in [0.25, 0.3) is 0 Å². The molecule has 306 valence electrons. The van der Waals surface area contributed by atoms with Crippen LogP contribution >= 0.6 is 0 Å². The molecule has 0 spiro atoms. The van der Waals surface area contributed by atoms with E-state index in [0.29, 0.717) is 5.92 Å². The number of hydrogen-bond acceptors (Lipinski definition) is 4. The number of aliphatic imine (C=N–C) groups is 1. The lowest BCUT2D eigenvalue weighted by Crippen LogP contribution is -2.15. The highest BCUT2D eigenvalue weighted by Crippen LogP contribution is 2.53. The molecular formula is C60H46N4. The molecule has 0 saturated carbocycles. The van der Waals surface area contributed by atoms with Crippen LogP contribution in [0.3, 0.4) is 0 Å². The maximum Gasteiger partial charge on any atom is 0.0973 e. The zero-order valence-corrected chi connectivity index (χ0v) is 36.5. The van der Waals surface area contributed by atoms with E-state index in [2.05, 4.69) is 189 Å². The second-order valence-corrected chi connectivity index (χ2v) is 18.7. The Morgan fingerprint density at radius 3 is 1.33 bits per heavy atom. The van der Waals surface area contributed by atoms with Crippen LogP contribution in [0.2, 0.25) is 0 Å². The van der Waals surface area contributed by atoms with E-state index in [9.17, 15) is 0 Å². The molecular weight excluding hydrogens is 777 g/mol. The highest BCUT2D eigenvalue weighted by atomic mass is 14.8. The average molecular weight is 823 g/mol. The third kappa shape index (κ3) is 6.12. The van der Waals surface area contributed by atoms with Gasteiger partial charge in [-0.25, -0.2) is 9.97 Å². The van der Waals surface area contributed by atoms with Gasteiger partial charge < -0.3 is 0 Å². The van der Waals surface area contributed by atoms with E-state index in [4.69, 9.17) is 9.97 Å². The Bertz CT molecular complexity index is 3390. The van der Waals surface area contributed by atoms with Gasteiger partial charge in [-0.05, 0) is 132 Å². The fraction of sp³-hybridized carbons (Fsp3) is 0.133. The number of hydrogen-bond donors (Lipinski definition) is 0. The molecule has 7 aromatic carbocycles. The predicted molar refractivity (Wildman–Crippen MR) is 265 cm³/mol. The van der Waals surface area contributed by atoms with Crippen molar-refractivity contribution < 1.29 is 0 Å². The molecule has 2 aromatic heterocycles. The molecule has 0 fully saturated rings. The van der Waals surface area contributed by atoms with Crippen LogP contribution in [-0.4, -0.2) is 21.2 Å². The summed E-state index contributed by atoms with van der Waals surface area (Å²) in [5.74, 6) is 0.337. The van der Waals surface area contributed by atoms with E-state index in [1.54, 1.807) is 0 Å². The highest BCUT2D eigenvalue weighted by molar-refractivity contribution is 5.92. The summed E-state index contributed by atoms with van der Waals surface area (Å²) in [6.45, 7) is 9.44. The van der Waals surface area contributed by atoms with Crippen LogP contribution in [0.1, 0.15) is 67.9 Å². The quantitative estimate of drug-likeness (QED) is 0.168. The van der Waals surface area contributed by atoms with Gasteiger partial charge in [-0.3, -0.25) is 9.98 Å². The summed E-state index contributed by atoms with van der Waals surface area (Å²) in [4.78, 5) is 19.5. The van der Waals surface area contributed by atoms with E-state index in [1.165, 1.54) is 77.9 Å². The van der Waals surface area contributed by atoms with Crippen molar-refractivity contribution in [3.63, 3.8) is 0 Å². The van der Waals surface area contributed by atoms with Crippen LogP contribution in [0.25, 0.3) is 89.2 Å². The van der Waals surface area contributed by atoms with E-state index >= 15 is 0 Å². The molecule has 2 aliphatic carbocycles. The number of allylic oxidation sites excluding steroid dienone is 1. The molecule has 1 unspecified atom stereocenters. The van der Waals surface area contributed by atoms with Crippen LogP contribution in [-0.2, 0) is 10.8 Å². The summed E-state index contributed by atoms with van der Waals surface area (Å²) in [5.41, 5.74) is 24.2. The molecule has 0 radical (unpaired) electrons. The van der Waals surface area contributed by atoms with Crippen molar-refractivity contribution in [2.45, 2.75) is 50.9 Å². The molecule has 9 aromatic rings. The summed E-state index contributed by atoms with van der Waals surface area (Å²) in [6.07, 6.45) is 10.8. The number of fused-ring (bicyclic) bond motifs is 7. The number of benzene rings is 7. The molecule has 0 N–H and O–H groups in total. The second kappa shape index (κ2) is 14.5. The zero-order chi connectivity index (χ0) is 43.2. The van der Waals surface area contributed by atoms with E-state index in [1.807, 2.05) is 36.8 Å². The number of pyridine rings is 1. The molecule has 4 heteroatoms. The minimum Gasteiger partial charge on any atom is -0.269 e. The highest BCUT2D eigenvalue weighted by Gasteiger charge is 2.38. The van der Waals surface area contributed by atoms with Crippen LogP contribution in [0.4, 0.5) is 0 Å². The minimum atomic E-state index is -0.219. The maximum absolute atomic E-state index is 5.40. The molecule has 1 aliphatic heterocycles. The largest absolute Gasteiger partial charge is 0.269 e. The van der Waals surface area contributed by atoms with E-state index in [0.717, 1.165) is 45.5 Å². The number of aromatic nitrogens is 3. The summed E-state index contributed by atoms with van der Waals surface area (Å²) in [6, 6.07) is 58.0. The van der Waals surface area contributed by atoms with Crippen molar-refractivity contribution in [1.82, 2.24) is 15.0 Å². The lowest BCUT2D eigenvalue weighted by atomic mass is 9.80. The fourth-order valence-corrected chi connectivity index (χ4v) is 10.5. The SMILES string of the molecule is CC1(C)c2cc(-c3ccc(-c4cccnc4)cc3)ccc2-c2ccc(-c3nc4ccccc4nc3-c3ccc4c(c3)C(C)(C)c3cc(-c5ccc(C6C=NC=CC6)cc5)ccc3-4)cc21. The first kappa shape index (κ1) is 38.1. The first-order chi connectivity index (χ1) is 31.2. The Morgan fingerprint density at radius 1 is 0.438 bits per heavy atom. The Balaban J connectivity index is 0.894. The van der Waals surface area contributed by atoms with E-state index < -0.39 is 0 Å². The molecule has 0 amide bonds. The normalized spacial score (nSPS) is 16.0. The van der Waals surface area contributed by atoms with Gasteiger partial charge >= 0.3 is 0 Å². The average Bonchev–Trinajstić information content (AvgIpc) is 3.72. The standard InChI is InChI=1S/C60H46N4/c1-59(2)51-31-41(37-13-17-39(18-14-37)45-9-7-29-61-35-45)21-25-47(51)49-27-23-43(33-53(49)59)57-58(64-56-12-6-5-11-55(56)63-57)44-24-28-50-48-26-22-42(32-52(48)60(3,4)54(50)34-44)38-15-19-40(20-16-38)46-10-8-30-62-36-46/h5-9,11-36,46H,10H2,1-4H3. The first-order valence-corrected chi connectivity index (χ1v) is 22.4. The summed E-state index contributed by atoms with van der Waals surface area (Å²) in [5, 5.41) is 0. The molecule has 4 nitrogen and oxygen atoms in total. The summed E-state index contributed by atoms with van der Waals surface area (Å²) < 4.78 is 0. The third-order valence-electron chi connectivity index (χ3n) is 14.2. The molecule has 0 saturated heterocycles. The van der Waals surface area contributed by atoms with Crippen molar-refractivity contribution in [3.05, 3.63) is 210 Å². The second-order valence-electron chi connectivity index (χ2n) is 18.7. The van der Waals surface area contributed by atoms with Gasteiger partial charge in [0.15, 0.2) is 0 Å². The lowest BCUT2D eigenvalue weighted by molar-refractivity contribution is 0.660. The molecule has 3 heterocycles. The smallest absolute Gasteiger partial charge is 0.0973 e. The maximum atomic E-state index is 5.40. The zero-order valence-electron chi connectivity index (χ0n) is 36.5. The number of nitrogens with zero attached hydrogens (tertiary/aromatic N) is 4. The monoisotopic (exact) mass is 822 g/mol. The van der Waals surface area contributed by atoms with Gasteiger partial charge in [0.05, 0.1) is 22.4 Å². The van der Waals surface area contributed by atoms with Crippen LogP contribution in [0.15, 0.2) is 187 Å². The van der Waals surface area contributed by atoms with Crippen LogP contribution < -0.4 is 0 Å². The van der Waals surface area contributed by atoms with Gasteiger partial charge in [-0.1, -0.05) is 149 Å². The van der Waals surface area contributed by atoms with E-state index in [-0.39, 0.29) is 10.8 Å². The molecule has 1 atom stereocenters. The van der Waals surface area contributed by atoms with Crippen molar-refractivity contribution in [2.75, 3.05) is 0 Å². The third-order valence-corrected chi connectivity index (χ3v) is 14.2. The van der Waals surface area contributed by atoms with Crippen molar-refractivity contribution in [2.24, 2.45) is 4.99 Å². The predicted octanol–water partition coefficient (Wildman–Crippen LogP) is 15.0. The topological polar surface area (TPSA) is 51.0 Å². The lowest BCUT2D eigenvalue weighted by Gasteiger charge is -2.23. The molecule has 64 heavy (non-hydrogen) atoms. The number of rotatable bonds is 6. The Morgan fingerprint density at radius 2 is 0.875 bits per heavy atom.